The molecular weight excluding hydrogens is 307 g/mol. The number of hydrogen-bond acceptors (Lipinski definition) is 0. The molecule has 0 fully saturated rings. The molecule has 0 aliphatic heterocycles. The van der Waals surface area contributed by atoms with Gasteiger partial charge < -0.3 is 0 Å². The largest absolute Gasteiger partial charge is 0.0651 e. The zero-order valence-corrected chi connectivity index (χ0v) is 11.6. The summed E-state index contributed by atoms with van der Waals surface area (Å²) in [6.07, 6.45) is 2.38. The van der Waals surface area contributed by atoms with Crippen LogP contribution in [-0.2, 0) is 6.42 Å². The summed E-state index contributed by atoms with van der Waals surface area (Å²) in [4.78, 5) is 0. The van der Waals surface area contributed by atoms with Gasteiger partial charge in [-0.25, -0.2) is 0 Å². The molecule has 0 saturated heterocycles. The Morgan fingerprint density at radius 3 is 2.25 bits per heavy atom. The second-order valence-corrected chi connectivity index (χ2v) is 5.09. The third kappa shape index (κ3) is 2.64. The van der Waals surface area contributed by atoms with Gasteiger partial charge in [0, 0.05) is 3.57 Å². The molecule has 0 nitrogen and oxygen atoms in total. The summed E-state index contributed by atoms with van der Waals surface area (Å²) in [5.41, 5.74) is 4.06. The van der Waals surface area contributed by atoms with Crippen molar-refractivity contribution in [1.29, 1.82) is 0 Å². The van der Waals surface area contributed by atoms with E-state index in [-0.39, 0.29) is 0 Å². The van der Waals surface area contributed by atoms with Crippen molar-refractivity contribution in [2.24, 2.45) is 0 Å². The summed E-state index contributed by atoms with van der Waals surface area (Å²) >= 11 is 2.39. The molecule has 2 aromatic carbocycles. The lowest BCUT2D eigenvalue weighted by atomic mass is 10.0. The Hall–Kier alpha value is -0.830. The van der Waals surface area contributed by atoms with Gasteiger partial charge in [0.2, 0.25) is 0 Å². The highest BCUT2D eigenvalue weighted by Gasteiger charge is 2.01. The van der Waals surface area contributed by atoms with E-state index in [0.717, 1.165) is 0 Å². The van der Waals surface area contributed by atoms with E-state index < -0.39 is 0 Å². The topological polar surface area (TPSA) is 0 Å². The third-order valence-electron chi connectivity index (χ3n) is 2.68. The first-order valence-electron chi connectivity index (χ1n) is 5.65. The molecule has 16 heavy (non-hydrogen) atoms. The third-order valence-corrected chi connectivity index (χ3v) is 3.62. The molecule has 0 radical (unpaired) electrons. The summed E-state index contributed by atoms with van der Waals surface area (Å²) < 4.78 is 1.31. The molecule has 1 heteroatoms. The molecule has 0 amide bonds. The lowest BCUT2D eigenvalue weighted by Gasteiger charge is -2.05. The molecule has 0 bridgehead atoms. The second kappa shape index (κ2) is 5.48. The van der Waals surface area contributed by atoms with Gasteiger partial charge in [0.1, 0.15) is 0 Å². The van der Waals surface area contributed by atoms with E-state index in [2.05, 4.69) is 78.0 Å². The van der Waals surface area contributed by atoms with Crippen LogP contribution in [0.2, 0.25) is 0 Å². The fourth-order valence-corrected chi connectivity index (χ4v) is 2.53. The molecule has 0 saturated carbocycles. The first-order valence-corrected chi connectivity index (χ1v) is 6.73. The van der Waals surface area contributed by atoms with Crippen molar-refractivity contribution in [1.82, 2.24) is 0 Å². The van der Waals surface area contributed by atoms with Crippen LogP contribution in [0.15, 0.2) is 48.5 Å². The van der Waals surface area contributed by atoms with Crippen molar-refractivity contribution < 1.29 is 0 Å². The molecule has 0 spiro atoms. The van der Waals surface area contributed by atoms with Gasteiger partial charge in [-0.3, -0.25) is 0 Å². The lowest BCUT2D eigenvalue weighted by Crippen LogP contribution is -1.85. The molecule has 0 unspecified atom stereocenters. The highest BCUT2D eigenvalue weighted by molar-refractivity contribution is 14.1. The Kier molecular flexibility index (Phi) is 3.99. The van der Waals surface area contributed by atoms with Crippen LogP contribution in [0, 0.1) is 3.57 Å². The lowest BCUT2D eigenvalue weighted by molar-refractivity contribution is 0.922. The van der Waals surface area contributed by atoms with E-state index in [1.54, 1.807) is 0 Å². The molecule has 0 heterocycles. The van der Waals surface area contributed by atoms with E-state index in [1.807, 2.05) is 0 Å². The predicted molar refractivity (Wildman–Crippen MR) is 78.6 cm³/mol. The highest BCUT2D eigenvalue weighted by Crippen LogP contribution is 2.25. The molecular formula is C15H15I. The fourth-order valence-electron chi connectivity index (χ4n) is 1.83. The first-order chi connectivity index (χ1) is 7.81. The van der Waals surface area contributed by atoms with Crippen molar-refractivity contribution in [3.8, 4) is 11.1 Å². The number of benzene rings is 2. The number of hydrogen-bond donors (Lipinski definition) is 0. The molecule has 0 N–H and O–H groups in total. The Balaban J connectivity index is 2.31. The predicted octanol–water partition coefficient (Wildman–Crippen LogP) is 4.91. The van der Waals surface area contributed by atoms with E-state index in [9.17, 15) is 0 Å². The first kappa shape index (κ1) is 11.6. The Morgan fingerprint density at radius 1 is 0.938 bits per heavy atom. The van der Waals surface area contributed by atoms with Crippen LogP contribution >= 0.6 is 22.6 Å². The standard InChI is InChI=1S/C15H15I/c1-2-5-12-8-10-13(11-9-12)14-6-3-4-7-15(14)16/h3-4,6-11H,2,5H2,1H3. The quantitative estimate of drug-likeness (QED) is 0.704. The minimum Gasteiger partial charge on any atom is -0.0651 e. The van der Waals surface area contributed by atoms with Crippen LogP contribution in [0.3, 0.4) is 0 Å². The van der Waals surface area contributed by atoms with E-state index in [1.165, 1.54) is 33.1 Å². The van der Waals surface area contributed by atoms with Gasteiger partial charge in [-0.2, -0.15) is 0 Å². The summed E-state index contributed by atoms with van der Waals surface area (Å²) in [5, 5.41) is 0. The average molecular weight is 322 g/mol. The van der Waals surface area contributed by atoms with Gasteiger partial charge in [-0.15, -0.1) is 0 Å². The van der Waals surface area contributed by atoms with Gasteiger partial charge in [-0.1, -0.05) is 55.8 Å². The maximum atomic E-state index is 2.39. The Labute approximate surface area is 111 Å². The Bertz CT molecular complexity index is 457. The number of rotatable bonds is 3. The van der Waals surface area contributed by atoms with E-state index >= 15 is 0 Å². The molecule has 0 atom stereocenters. The normalized spacial score (nSPS) is 10.4. The van der Waals surface area contributed by atoms with Crippen LogP contribution in [0.5, 0.6) is 0 Å². The van der Waals surface area contributed by atoms with Crippen molar-refractivity contribution in [2.75, 3.05) is 0 Å². The van der Waals surface area contributed by atoms with Crippen molar-refractivity contribution in [3.63, 3.8) is 0 Å². The van der Waals surface area contributed by atoms with Gasteiger partial charge in [-0.05, 0) is 51.8 Å². The maximum absolute atomic E-state index is 2.39. The van der Waals surface area contributed by atoms with Crippen molar-refractivity contribution in [3.05, 3.63) is 57.7 Å². The van der Waals surface area contributed by atoms with Crippen molar-refractivity contribution >= 4 is 22.6 Å². The van der Waals surface area contributed by atoms with E-state index in [4.69, 9.17) is 0 Å². The van der Waals surface area contributed by atoms with Crippen LogP contribution < -0.4 is 0 Å². The summed E-state index contributed by atoms with van der Waals surface area (Å²) in [6, 6.07) is 17.4. The number of halogens is 1. The zero-order valence-electron chi connectivity index (χ0n) is 9.41. The van der Waals surface area contributed by atoms with E-state index in [0.29, 0.717) is 0 Å². The summed E-state index contributed by atoms with van der Waals surface area (Å²) in [6.45, 7) is 2.22. The maximum Gasteiger partial charge on any atom is 0.0208 e. The SMILES string of the molecule is CCCc1ccc(-c2ccccc2I)cc1. The van der Waals surface area contributed by atoms with Gasteiger partial charge >= 0.3 is 0 Å². The fraction of sp³-hybridized carbons (Fsp3) is 0.200. The monoisotopic (exact) mass is 322 g/mol. The van der Waals surface area contributed by atoms with Gasteiger partial charge in [0.05, 0.1) is 0 Å². The van der Waals surface area contributed by atoms with Crippen molar-refractivity contribution in [2.45, 2.75) is 19.8 Å². The minimum atomic E-state index is 1.17. The highest BCUT2D eigenvalue weighted by atomic mass is 127. The molecule has 0 aliphatic rings. The van der Waals surface area contributed by atoms with Crippen LogP contribution in [0.4, 0.5) is 0 Å². The van der Waals surface area contributed by atoms with Crippen LogP contribution in [0.1, 0.15) is 18.9 Å². The van der Waals surface area contributed by atoms with Gasteiger partial charge in [0.15, 0.2) is 0 Å². The smallest absolute Gasteiger partial charge is 0.0208 e. The molecule has 2 rings (SSSR count). The van der Waals surface area contributed by atoms with Crippen LogP contribution in [-0.4, -0.2) is 0 Å². The number of aryl methyl sites for hydroxylation is 1. The summed E-state index contributed by atoms with van der Waals surface area (Å²) in [5.74, 6) is 0. The molecule has 0 aromatic heterocycles. The van der Waals surface area contributed by atoms with Gasteiger partial charge in [0.25, 0.3) is 0 Å². The average Bonchev–Trinajstić information content (AvgIpc) is 2.31. The van der Waals surface area contributed by atoms with Crippen LogP contribution in [0.25, 0.3) is 11.1 Å². The summed E-state index contributed by atoms with van der Waals surface area (Å²) in [7, 11) is 0. The molecule has 82 valence electrons. The Morgan fingerprint density at radius 2 is 1.62 bits per heavy atom. The minimum absolute atomic E-state index is 1.17. The second-order valence-electron chi connectivity index (χ2n) is 3.93. The molecule has 2 aromatic rings. The zero-order chi connectivity index (χ0) is 11.4. The molecule has 0 aliphatic carbocycles.